The van der Waals surface area contributed by atoms with Crippen LogP contribution >= 0.6 is 0 Å². The molecular weight excluding hydrogens is 328 g/mol. The van der Waals surface area contributed by atoms with Gasteiger partial charge in [-0.3, -0.25) is 4.98 Å². The van der Waals surface area contributed by atoms with Crippen LogP contribution in [0.1, 0.15) is 29.2 Å². The van der Waals surface area contributed by atoms with E-state index < -0.39 is 15.8 Å². The molecule has 7 heteroatoms. The van der Waals surface area contributed by atoms with Gasteiger partial charge in [0.2, 0.25) is 10.0 Å². The van der Waals surface area contributed by atoms with Crippen LogP contribution in [0.2, 0.25) is 0 Å². The van der Waals surface area contributed by atoms with Gasteiger partial charge in [-0.05, 0) is 43.0 Å². The van der Waals surface area contributed by atoms with E-state index in [0.29, 0.717) is 5.52 Å². The van der Waals surface area contributed by atoms with Gasteiger partial charge >= 0.3 is 5.76 Å². The molecule has 1 unspecified atom stereocenters. The summed E-state index contributed by atoms with van der Waals surface area (Å²) in [7, 11) is -3.70. The fourth-order valence-corrected chi connectivity index (χ4v) is 4.48. The number of hydrogen-bond acceptors (Lipinski definition) is 4. The Balaban J connectivity index is 1.67. The first-order valence-electron chi connectivity index (χ1n) is 7.67. The highest BCUT2D eigenvalue weighted by atomic mass is 32.2. The van der Waals surface area contributed by atoms with Crippen molar-refractivity contribution in [2.75, 3.05) is 0 Å². The van der Waals surface area contributed by atoms with Gasteiger partial charge in [0.1, 0.15) is 0 Å². The van der Waals surface area contributed by atoms with E-state index >= 15 is 0 Å². The van der Waals surface area contributed by atoms with Crippen molar-refractivity contribution in [3.63, 3.8) is 0 Å². The van der Waals surface area contributed by atoms with Crippen LogP contribution in [0.25, 0.3) is 11.1 Å². The van der Waals surface area contributed by atoms with Gasteiger partial charge in [0, 0.05) is 12.1 Å². The van der Waals surface area contributed by atoms with Gasteiger partial charge in [0.05, 0.1) is 10.4 Å². The van der Waals surface area contributed by atoms with Gasteiger partial charge < -0.3 is 4.42 Å². The summed E-state index contributed by atoms with van der Waals surface area (Å²) in [6.45, 7) is 2.03. The van der Waals surface area contributed by atoms with Gasteiger partial charge in [-0.2, -0.15) is 0 Å². The van der Waals surface area contributed by atoms with Crippen molar-refractivity contribution >= 4 is 21.1 Å². The minimum Gasteiger partial charge on any atom is -0.408 e. The number of aryl methyl sites for hydroxylation is 2. The predicted molar refractivity (Wildman–Crippen MR) is 89.4 cm³/mol. The maximum atomic E-state index is 12.7. The number of fused-ring (bicyclic) bond motifs is 2. The fraction of sp³-hybridized carbons (Fsp3) is 0.235. The third-order valence-corrected chi connectivity index (χ3v) is 5.85. The zero-order chi connectivity index (χ0) is 16.9. The monoisotopic (exact) mass is 344 g/mol. The van der Waals surface area contributed by atoms with Gasteiger partial charge in [-0.25, -0.2) is 17.9 Å². The summed E-state index contributed by atoms with van der Waals surface area (Å²) >= 11 is 0. The van der Waals surface area contributed by atoms with E-state index in [-0.39, 0.29) is 16.5 Å². The number of nitrogens with one attached hydrogen (secondary N) is 2. The third-order valence-electron chi connectivity index (χ3n) is 4.38. The third kappa shape index (κ3) is 2.55. The number of oxazole rings is 1. The molecule has 1 aliphatic carbocycles. The van der Waals surface area contributed by atoms with Gasteiger partial charge in [-0.1, -0.05) is 23.8 Å². The van der Waals surface area contributed by atoms with Crippen LogP contribution < -0.4 is 10.5 Å². The first-order chi connectivity index (χ1) is 11.4. The Labute approximate surface area is 138 Å². The second-order valence-corrected chi connectivity index (χ2v) is 7.80. The van der Waals surface area contributed by atoms with Crippen molar-refractivity contribution in [2.24, 2.45) is 0 Å². The topological polar surface area (TPSA) is 92.2 Å². The molecule has 3 aromatic rings. The van der Waals surface area contributed by atoms with E-state index in [1.54, 1.807) is 0 Å². The van der Waals surface area contributed by atoms with Crippen LogP contribution in [-0.4, -0.2) is 13.4 Å². The smallest absolute Gasteiger partial charge is 0.408 e. The highest BCUT2D eigenvalue weighted by molar-refractivity contribution is 7.89. The average Bonchev–Trinajstić information content (AvgIpc) is 3.08. The molecule has 1 heterocycles. The Kier molecular flexibility index (Phi) is 3.36. The van der Waals surface area contributed by atoms with Crippen molar-refractivity contribution in [3.8, 4) is 0 Å². The summed E-state index contributed by atoms with van der Waals surface area (Å²) in [6, 6.07) is 10.2. The Morgan fingerprint density at radius 1 is 1.21 bits per heavy atom. The number of aromatic nitrogens is 1. The molecule has 24 heavy (non-hydrogen) atoms. The van der Waals surface area contributed by atoms with Gasteiger partial charge in [0.25, 0.3) is 0 Å². The number of benzene rings is 2. The standard InChI is InChI=1S/C17H16N2O4S/c1-10-2-5-13-11(8-10)3-6-14(13)19-24(21,22)12-4-7-15-16(9-12)23-17(20)18-15/h2,4-5,7-9,14,19H,3,6H2,1H3,(H,18,20). The summed E-state index contributed by atoms with van der Waals surface area (Å²) in [6.07, 6.45) is 1.59. The van der Waals surface area contributed by atoms with E-state index in [0.717, 1.165) is 18.4 Å². The van der Waals surface area contributed by atoms with Crippen molar-refractivity contribution < 1.29 is 12.8 Å². The van der Waals surface area contributed by atoms with E-state index in [1.165, 1.54) is 29.3 Å². The van der Waals surface area contributed by atoms with Crippen LogP contribution in [0.3, 0.4) is 0 Å². The molecule has 0 spiro atoms. The number of hydrogen-bond donors (Lipinski definition) is 2. The highest BCUT2D eigenvalue weighted by Gasteiger charge is 2.27. The molecule has 124 valence electrons. The summed E-state index contributed by atoms with van der Waals surface area (Å²) in [5.74, 6) is -0.604. The molecule has 0 aliphatic heterocycles. The Bertz CT molecular complexity index is 1100. The maximum absolute atomic E-state index is 12.7. The van der Waals surface area contributed by atoms with Gasteiger partial charge in [-0.15, -0.1) is 0 Å². The summed E-state index contributed by atoms with van der Waals surface area (Å²) < 4.78 is 33.0. The number of H-pyrrole nitrogens is 1. The summed E-state index contributed by atoms with van der Waals surface area (Å²) in [5, 5.41) is 0. The maximum Gasteiger partial charge on any atom is 0.417 e. The lowest BCUT2D eigenvalue weighted by Crippen LogP contribution is -2.27. The minimum absolute atomic E-state index is 0.0818. The van der Waals surface area contributed by atoms with E-state index in [1.807, 2.05) is 19.1 Å². The van der Waals surface area contributed by atoms with Gasteiger partial charge in [0.15, 0.2) is 5.58 Å². The zero-order valence-corrected chi connectivity index (χ0v) is 13.8. The largest absolute Gasteiger partial charge is 0.417 e. The minimum atomic E-state index is -3.70. The van der Waals surface area contributed by atoms with Crippen molar-refractivity contribution in [3.05, 3.63) is 63.6 Å². The molecular formula is C17H16N2O4S. The lowest BCUT2D eigenvalue weighted by molar-refractivity contribution is 0.548. The first kappa shape index (κ1) is 15.2. The quantitative estimate of drug-likeness (QED) is 0.763. The molecule has 1 aromatic heterocycles. The fourth-order valence-electron chi connectivity index (χ4n) is 3.22. The molecule has 4 rings (SSSR count). The molecule has 6 nitrogen and oxygen atoms in total. The normalized spacial score (nSPS) is 17.3. The molecule has 0 saturated heterocycles. The first-order valence-corrected chi connectivity index (χ1v) is 9.15. The second-order valence-electron chi connectivity index (χ2n) is 6.09. The lowest BCUT2D eigenvalue weighted by Gasteiger charge is -2.14. The number of sulfonamides is 1. The number of rotatable bonds is 3. The Morgan fingerprint density at radius 3 is 2.88 bits per heavy atom. The second kappa shape index (κ2) is 5.32. The SMILES string of the molecule is Cc1ccc2c(c1)CCC2NS(=O)(=O)c1ccc2[nH]c(=O)oc2c1. The van der Waals surface area contributed by atoms with E-state index in [4.69, 9.17) is 4.42 Å². The van der Waals surface area contributed by atoms with Crippen LogP contribution in [0.4, 0.5) is 0 Å². The molecule has 0 radical (unpaired) electrons. The molecule has 1 atom stereocenters. The molecule has 0 fully saturated rings. The average molecular weight is 344 g/mol. The van der Waals surface area contributed by atoms with Crippen molar-refractivity contribution in [1.29, 1.82) is 0 Å². The van der Waals surface area contributed by atoms with Crippen molar-refractivity contribution in [1.82, 2.24) is 9.71 Å². The Morgan fingerprint density at radius 2 is 2.04 bits per heavy atom. The van der Waals surface area contributed by atoms with Crippen LogP contribution in [0.5, 0.6) is 0 Å². The Hall–Kier alpha value is -2.38. The molecule has 2 aromatic carbocycles. The molecule has 0 bridgehead atoms. The molecule has 0 saturated carbocycles. The predicted octanol–water partition coefficient (Wildman–Crippen LogP) is 2.40. The highest BCUT2D eigenvalue weighted by Crippen LogP contribution is 2.33. The summed E-state index contributed by atoms with van der Waals surface area (Å²) in [4.78, 5) is 13.8. The van der Waals surface area contributed by atoms with Crippen LogP contribution in [-0.2, 0) is 16.4 Å². The molecule has 0 amide bonds. The van der Waals surface area contributed by atoms with E-state index in [9.17, 15) is 13.2 Å². The zero-order valence-electron chi connectivity index (χ0n) is 13.0. The van der Waals surface area contributed by atoms with E-state index in [2.05, 4.69) is 15.8 Å². The summed E-state index contributed by atoms with van der Waals surface area (Å²) in [5.41, 5.74) is 4.09. The number of aromatic amines is 1. The lowest BCUT2D eigenvalue weighted by atomic mass is 10.1. The van der Waals surface area contributed by atoms with Crippen LogP contribution in [0, 0.1) is 6.92 Å². The van der Waals surface area contributed by atoms with Crippen LogP contribution in [0.15, 0.2) is 50.5 Å². The molecule has 2 N–H and O–H groups in total. The molecule has 1 aliphatic rings. The van der Waals surface area contributed by atoms with Crippen molar-refractivity contribution in [2.45, 2.75) is 30.7 Å².